The van der Waals surface area contributed by atoms with E-state index < -0.39 is 34.4 Å². The van der Waals surface area contributed by atoms with E-state index in [0.717, 1.165) is 0 Å². The molecule has 5 nitrogen and oxygen atoms in total. The lowest BCUT2D eigenvalue weighted by molar-refractivity contribution is 0.0689. The Labute approximate surface area is 131 Å². The number of hydrogen-bond acceptors (Lipinski definition) is 4. The molecule has 0 bridgehead atoms. The van der Waals surface area contributed by atoms with Crippen molar-refractivity contribution in [1.82, 2.24) is 0 Å². The zero-order chi connectivity index (χ0) is 16.6. The highest BCUT2D eigenvalue weighted by molar-refractivity contribution is 6.20. The molecule has 0 spiro atoms. The van der Waals surface area contributed by atoms with Crippen LogP contribution in [0.4, 0.5) is 0 Å². The van der Waals surface area contributed by atoms with Crippen LogP contribution in [0.2, 0.25) is 0 Å². The third-order valence-corrected chi connectivity index (χ3v) is 3.64. The number of carboxylic acids is 1. The lowest BCUT2D eigenvalue weighted by atomic mass is 9.92. The maximum absolute atomic E-state index is 12.7. The zero-order valence-electron chi connectivity index (χ0n) is 11.9. The van der Waals surface area contributed by atoms with Gasteiger partial charge in [-0.2, -0.15) is 0 Å². The quantitative estimate of drug-likeness (QED) is 0.510. The van der Waals surface area contributed by atoms with Gasteiger partial charge in [-0.15, -0.1) is 0 Å². The number of benzene rings is 3. The van der Waals surface area contributed by atoms with E-state index in [2.05, 4.69) is 0 Å². The summed E-state index contributed by atoms with van der Waals surface area (Å²) >= 11 is 0. The molecule has 0 aliphatic carbocycles. The first kappa shape index (κ1) is 14.6. The van der Waals surface area contributed by atoms with Crippen LogP contribution in [0, 0.1) is 0 Å². The SMILES string of the molecule is O=C(O)c1c(C(=O)c2ccccc2)c(O)c2ccccc2c1O. The van der Waals surface area contributed by atoms with Gasteiger partial charge in [-0.05, 0) is 0 Å². The molecule has 0 aromatic heterocycles. The smallest absolute Gasteiger partial charge is 0.340 e. The number of rotatable bonds is 3. The third-order valence-electron chi connectivity index (χ3n) is 3.64. The second-order valence-corrected chi connectivity index (χ2v) is 4.99. The number of phenolic OH excluding ortho intramolecular Hbond substituents is 1. The highest BCUT2D eigenvalue weighted by Gasteiger charge is 2.28. The summed E-state index contributed by atoms with van der Waals surface area (Å²) in [7, 11) is 0. The molecule has 3 aromatic carbocycles. The first-order valence-electron chi connectivity index (χ1n) is 6.82. The highest BCUT2D eigenvalue weighted by atomic mass is 16.4. The van der Waals surface area contributed by atoms with Crippen molar-refractivity contribution >= 4 is 22.5 Å². The molecular weight excluding hydrogens is 296 g/mol. The summed E-state index contributed by atoms with van der Waals surface area (Å²) in [6.07, 6.45) is 0. The predicted molar refractivity (Wildman–Crippen MR) is 84.1 cm³/mol. The molecule has 23 heavy (non-hydrogen) atoms. The van der Waals surface area contributed by atoms with Crippen molar-refractivity contribution in [1.29, 1.82) is 0 Å². The Hall–Kier alpha value is -3.34. The number of aromatic carboxylic acids is 1. The maximum atomic E-state index is 12.7. The van der Waals surface area contributed by atoms with Crippen LogP contribution in [0.3, 0.4) is 0 Å². The summed E-state index contributed by atoms with van der Waals surface area (Å²) in [6, 6.07) is 14.2. The van der Waals surface area contributed by atoms with Crippen LogP contribution in [0.1, 0.15) is 26.3 Å². The Morgan fingerprint density at radius 2 is 1.17 bits per heavy atom. The van der Waals surface area contributed by atoms with Crippen LogP contribution in [0.25, 0.3) is 10.8 Å². The minimum atomic E-state index is -1.48. The van der Waals surface area contributed by atoms with E-state index in [1.54, 1.807) is 30.3 Å². The number of carbonyl (C=O) groups is 2. The Balaban J connectivity index is 2.40. The summed E-state index contributed by atoms with van der Waals surface area (Å²) in [5, 5.41) is 30.5. The van der Waals surface area contributed by atoms with E-state index in [0.29, 0.717) is 0 Å². The monoisotopic (exact) mass is 308 g/mol. The van der Waals surface area contributed by atoms with Crippen LogP contribution in [0.15, 0.2) is 54.6 Å². The van der Waals surface area contributed by atoms with E-state index in [-0.39, 0.29) is 16.3 Å². The van der Waals surface area contributed by atoms with Gasteiger partial charge in [-0.3, -0.25) is 4.79 Å². The molecule has 114 valence electrons. The molecule has 0 fully saturated rings. The van der Waals surface area contributed by atoms with Gasteiger partial charge in [0.05, 0.1) is 5.56 Å². The number of hydrogen-bond donors (Lipinski definition) is 3. The van der Waals surface area contributed by atoms with Gasteiger partial charge in [0.15, 0.2) is 5.78 Å². The van der Waals surface area contributed by atoms with Crippen molar-refractivity contribution in [3.8, 4) is 11.5 Å². The molecule has 3 N–H and O–H groups in total. The van der Waals surface area contributed by atoms with Crippen LogP contribution < -0.4 is 0 Å². The Morgan fingerprint density at radius 3 is 1.70 bits per heavy atom. The summed E-state index contributed by atoms with van der Waals surface area (Å²) in [5.74, 6) is -3.14. The van der Waals surface area contributed by atoms with E-state index in [1.165, 1.54) is 24.3 Å². The fourth-order valence-electron chi connectivity index (χ4n) is 2.57. The van der Waals surface area contributed by atoms with Crippen molar-refractivity contribution in [3.05, 3.63) is 71.3 Å². The van der Waals surface area contributed by atoms with Gasteiger partial charge in [0, 0.05) is 16.3 Å². The molecule has 0 amide bonds. The normalized spacial score (nSPS) is 10.6. The molecule has 0 saturated carbocycles. The van der Waals surface area contributed by atoms with Gasteiger partial charge in [0.25, 0.3) is 0 Å². The topological polar surface area (TPSA) is 94.8 Å². The minimum absolute atomic E-state index is 0.173. The lowest BCUT2D eigenvalue weighted by Gasteiger charge is -2.13. The van der Waals surface area contributed by atoms with Crippen LogP contribution in [0.5, 0.6) is 11.5 Å². The Bertz CT molecular complexity index is 929. The van der Waals surface area contributed by atoms with E-state index >= 15 is 0 Å². The van der Waals surface area contributed by atoms with Crippen molar-refractivity contribution in [2.75, 3.05) is 0 Å². The van der Waals surface area contributed by atoms with E-state index in [4.69, 9.17) is 0 Å². The molecule has 3 rings (SSSR count). The van der Waals surface area contributed by atoms with Crippen LogP contribution >= 0.6 is 0 Å². The number of carboxylic acid groups (broad SMARTS) is 1. The summed E-state index contributed by atoms with van der Waals surface area (Å²) < 4.78 is 0. The summed E-state index contributed by atoms with van der Waals surface area (Å²) in [6.45, 7) is 0. The van der Waals surface area contributed by atoms with E-state index in [9.17, 15) is 24.9 Å². The molecular formula is C18H12O5. The molecule has 0 radical (unpaired) electrons. The third kappa shape index (κ3) is 2.28. The molecule has 0 heterocycles. The minimum Gasteiger partial charge on any atom is -0.506 e. The second-order valence-electron chi connectivity index (χ2n) is 4.99. The molecule has 0 unspecified atom stereocenters. The zero-order valence-corrected chi connectivity index (χ0v) is 11.9. The second kappa shape index (κ2) is 5.46. The lowest BCUT2D eigenvalue weighted by Crippen LogP contribution is -2.11. The largest absolute Gasteiger partial charge is 0.506 e. The number of ketones is 1. The fourth-order valence-corrected chi connectivity index (χ4v) is 2.57. The Morgan fingerprint density at radius 1 is 0.696 bits per heavy atom. The first-order chi connectivity index (χ1) is 11.0. The van der Waals surface area contributed by atoms with Gasteiger partial charge in [-0.1, -0.05) is 54.6 Å². The van der Waals surface area contributed by atoms with Gasteiger partial charge < -0.3 is 15.3 Å². The fraction of sp³-hybridized carbons (Fsp3) is 0. The first-order valence-corrected chi connectivity index (χ1v) is 6.82. The molecule has 0 atom stereocenters. The highest BCUT2D eigenvalue weighted by Crippen LogP contribution is 2.40. The number of fused-ring (bicyclic) bond motifs is 1. The number of carbonyl (C=O) groups excluding carboxylic acids is 1. The van der Waals surface area contributed by atoms with Crippen LogP contribution in [-0.4, -0.2) is 27.1 Å². The summed E-state index contributed by atoms with van der Waals surface area (Å²) in [5.41, 5.74) is -0.796. The molecule has 0 aliphatic heterocycles. The molecule has 0 saturated heterocycles. The van der Waals surface area contributed by atoms with Crippen LogP contribution in [-0.2, 0) is 0 Å². The molecule has 3 aromatic rings. The van der Waals surface area contributed by atoms with Gasteiger partial charge in [0.2, 0.25) is 0 Å². The maximum Gasteiger partial charge on any atom is 0.340 e. The number of aromatic hydroxyl groups is 2. The standard InChI is InChI=1S/C18H12O5/c19-15(10-6-2-1-3-7-10)13-14(18(22)23)17(21)12-9-5-4-8-11(12)16(13)20/h1-9,20-21H,(H,22,23). The van der Waals surface area contributed by atoms with Gasteiger partial charge in [-0.25, -0.2) is 4.79 Å². The van der Waals surface area contributed by atoms with Crippen molar-refractivity contribution in [2.24, 2.45) is 0 Å². The average Bonchev–Trinajstić information content (AvgIpc) is 2.57. The Kier molecular flexibility index (Phi) is 3.46. The average molecular weight is 308 g/mol. The number of phenols is 2. The van der Waals surface area contributed by atoms with E-state index in [1.807, 2.05) is 0 Å². The summed E-state index contributed by atoms with van der Waals surface area (Å²) in [4.78, 5) is 24.2. The van der Waals surface area contributed by atoms with Gasteiger partial charge in [0.1, 0.15) is 17.1 Å². The van der Waals surface area contributed by atoms with Gasteiger partial charge >= 0.3 is 5.97 Å². The van der Waals surface area contributed by atoms with Crippen molar-refractivity contribution < 1.29 is 24.9 Å². The van der Waals surface area contributed by atoms with Crippen molar-refractivity contribution in [2.45, 2.75) is 0 Å². The molecule has 5 heteroatoms. The predicted octanol–water partition coefficient (Wildman–Crippen LogP) is 3.18. The van der Waals surface area contributed by atoms with Crippen molar-refractivity contribution in [3.63, 3.8) is 0 Å². The molecule has 0 aliphatic rings.